The van der Waals surface area contributed by atoms with E-state index < -0.39 is 15.3 Å². The number of hydrogen-bond acceptors (Lipinski definition) is 4. The van der Waals surface area contributed by atoms with Crippen molar-refractivity contribution in [2.75, 3.05) is 13.2 Å². The van der Waals surface area contributed by atoms with Gasteiger partial charge in [0.25, 0.3) is 0 Å². The lowest BCUT2D eigenvalue weighted by molar-refractivity contribution is -0.138. The van der Waals surface area contributed by atoms with Gasteiger partial charge in [0.1, 0.15) is 6.61 Å². The molecule has 0 aliphatic rings. The van der Waals surface area contributed by atoms with Crippen LogP contribution in [0, 0.1) is 0 Å². The lowest BCUT2D eigenvalue weighted by Crippen LogP contribution is -2.39. The number of carbonyl (C=O) groups excluding carboxylic acids is 1. The third-order valence-electron chi connectivity index (χ3n) is 2.32. The highest BCUT2D eigenvalue weighted by atomic mass is 28.3. The topological polar surface area (TPSA) is 44.8 Å². The molecule has 0 saturated carbocycles. The van der Waals surface area contributed by atoms with Crippen molar-refractivity contribution in [1.29, 1.82) is 0 Å². The number of hydrogen-bond donors (Lipinski definition) is 0. The zero-order valence-electron chi connectivity index (χ0n) is 11.3. The summed E-state index contributed by atoms with van der Waals surface area (Å²) in [4.78, 5) is 11.1. The van der Waals surface area contributed by atoms with Gasteiger partial charge in [0, 0.05) is 24.5 Å². The molecule has 0 unspecified atom stereocenters. The van der Waals surface area contributed by atoms with E-state index in [1.807, 2.05) is 38.1 Å². The largest absolute Gasteiger partial charge is 0.458 e. The van der Waals surface area contributed by atoms with E-state index in [4.69, 9.17) is 13.6 Å². The van der Waals surface area contributed by atoms with Gasteiger partial charge < -0.3 is 13.6 Å². The molecule has 0 spiro atoms. The van der Waals surface area contributed by atoms with Crippen molar-refractivity contribution in [2.24, 2.45) is 0 Å². The fourth-order valence-electron chi connectivity index (χ4n) is 1.51. The average Bonchev–Trinajstić information content (AvgIpc) is 2.45. The Bertz CT molecular complexity index is 414. The van der Waals surface area contributed by atoms with E-state index in [-0.39, 0.29) is 6.61 Å². The normalized spacial score (nSPS) is 10.5. The molecule has 1 rings (SSSR count). The third kappa shape index (κ3) is 4.98. The minimum Gasteiger partial charge on any atom is -0.458 e. The molecule has 0 saturated heterocycles. The minimum absolute atomic E-state index is 0.204. The standard InChI is InChI=1S/C14H19O4Si/c1-4-14(15)16-11-12-9-7-8-10-13(12)19(17-5-2)18-6-3/h4,7-10H,1,5-6,11H2,2-3H3. The lowest BCUT2D eigenvalue weighted by atomic mass is 10.2. The highest BCUT2D eigenvalue weighted by molar-refractivity contribution is 6.61. The molecule has 1 aromatic carbocycles. The van der Waals surface area contributed by atoms with Crippen LogP contribution in [0.15, 0.2) is 36.9 Å². The molecule has 0 N–H and O–H groups in total. The maximum Gasteiger partial charge on any atom is 0.424 e. The molecule has 0 atom stereocenters. The minimum atomic E-state index is -1.52. The van der Waals surface area contributed by atoms with E-state index in [1.165, 1.54) is 0 Å². The van der Waals surface area contributed by atoms with Crippen LogP contribution in [0.2, 0.25) is 0 Å². The van der Waals surface area contributed by atoms with Crippen molar-refractivity contribution in [1.82, 2.24) is 0 Å². The fourth-order valence-corrected chi connectivity index (χ4v) is 3.08. The van der Waals surface area contributed by atoms with Gasteiger partial charge in [-0.25, -0.2) is 4.79 Å². The van der Waals surface area contributed by atoms with Crippen LogP contribution >= 0.6 is 0 Å². The average molecular weight is 279 g/mol. The van der Waals surface area contributed by atoms with E-state index >= 15 is 0 Å². The summed E-state index contributed by atoms with van der Waals surface area (Å²) in [6.45, 7) is 8.63. The third-order valence-corrected chi connectivity index (χ3v) is 4.35. The Morgan fingerprint density at radius 1 is 1.26 bits per heavy atom. The van der Waals surface area contributed by atoms with Crippen molar-refractivity contribution < 1.29 is 18.4 Å². The van der Waals surface area contributed by atoms with Crippen LogP contribution in [0.5, 0.6) is 0 Å². The van der Waals surface area contributed by atoms with Gasteiger partial charge >= 0.3 is 15.3 Å². The van der Waals surface area contributed by atoms with Crippen LogP contribution in [0.1, 0.15) is 19.4 Å². The maximum atomic E-state index is 11.1. The van der Waals surface area contributed by atoms with Crippen LogP contribution in [0.25, 0.3) is 0 Å². The SMILES string of the molecule is C=CC(=O)OCc1ccccc1[Si](OCC)OCC. The fraction of sp³-hybridized carbons (Fsp3) is 0.357. The van der Waals surface area contributed by atoms with Gasteiger partial charge in [0.15, 0.2) is 0 Å². The Morgan fingerprint density at radius 3 is 2.47 bits per heavy atom. The first-order valence-electron chi connectivity index (χ1n) is 6.22. The first-order valence-corrected chi connectivity index (χ1v) is 7.54. The molecule has 5 heteroatoms. The molecule has 103 valence electrons. The molecule has 0 aromatic heterocycles. The molecule has 0 amide bonds. The molecule has 19 heavy (non-hydrogen) atoms. The molecule has 4 nitrogen and oxygen atoms in total. The monoisotopic (exact) mass is 279 g/mol. The maximum absolute atomic E-state index is 11.1. The van der Waals surface area contributed by atoms with Crippen LogP contribution in [0.3, 0.4) is 0 Å². The second kappa shape index (κ2) is 8.63. The van der Waals surface area contributed by atoms with Gasteiger partial charge in [-0.05, 0) is 19.4 Å². The van der Waals surface area contributed by atoms with Crippen molar-refractivity contribution in [3.8, 4) is 0 Å². The van der Waals surface area contributed by atoms with Gasteiger partial charge in [-0.2, -0.15) is 0 Å². The summed E-state index contributed by atoms with van der Waals surface area (Å²) >= 11 is 0. The van der Waals surface area contributed by atoms with E-state index in [2.05, 4.69) is 6.58 Å². The Morgan fingerprint density at radius 2 is 1.89 bits per heavy atom. The van der Waals surface area contributed by atoms with Crippen molar-refractivity contribution in [3.05, 3.63) is 42.5 Å². The van der Waals surface area contributed by atoms with E-state index in [0.29, 0.717) is 13.2 Å². The van der Waals surface area contributed by atoms with Gasteiger partial charge in [-0.3, -0.25) is 0 Å². The number of carbonyl (C=O) groups is 1. The summed E-state index contributed by atoms with van der Waals surface area (Å²) in [7, 11) is -1.52. The molecule has 0 heterocycles. The smallest absolute Gasteiger partial charge is 0.424 e. The van der Waals surface area contributed by atoms with Gasteiger partial charge in [-0.1, -0.05) is 30.8 Å². The highest BCUT2D eigenvalue weighted by Gasteiger charge is 2.21. The zero-order valence-corrected chi connectivity index (χ0v) is 12.3. The number of rotatable bonds is 8. The van der Waals surface area contributed by atoms with E-state index in [1.54, 1.807) is 0 Å². The van der Waals surface area contributed by atoms with E-state index in [0.717, 1.165) is 16.8 Å². The van der Waals surface area contributed by atoms with Crippen LogP contribution < -0.4 is 5.19 Å². The number of esters is 1. The molecule has 1 radical (unpaired) electrons. The summed E-state index contributed by atoms with van der Waals surface area (Å²) < 4.78 is 16.4. The van der Waals surface area contributed by atoms with Crippen LogP contribution in [-0.4, -0.2) is 28.5 Å². The molecule has 0 aliphatic carbocycles. The highest BCUT2D eigenvalue weighted by Crippen LogP contribution is 2.03. The van der Waals surface area contributed by atoms with Gasteiger partial charge in [-0.15, -0.1) is 0 Å². The zero-order chi connectivity index (χ0) is 14.1. The van der Waals surface area contributed by atoms with Gasteiger partial charge in [0.2, 0.25) is 0 Å². The molecule has 0 fully saturated rings. The van der Waals surface area contributed by atoms with Crippen LogP contribution in [0.4, 0.5) is 0 Å². The quantitative estimate of drug-likeness (QED) is 0.413. The summed E-state index contributed by atoms with van der Waals surface area (Å²) in [5, 5.41) is 0.980. The van der Waals surface area contributed by atoms with Gasteiger partial charge in [0.05, 0.1) is 0 Å². The van der Waals surface area contributed by atoms with Crippen molar-refractivity contribution >= 4 is 20.4 Å². The Hall–Kier alpha value is -1.43. The van der Waals surface area contributed by atoms with Crippen molar-refractivity contribution in [2.45, 2.75) is 20.5 Å². The predicted molar refractivity (Wildman–Crippen MR) is 75.1 cm³/mol. The molecule has 0 bridgehead atoms. The second-order valence-corrected chi connectivity index (χ2v) is 5.31. The Balaban J connectivity index is 2.85. The second-order valence-electron chi connectivity index (χ2n) is 3.62. The summed E-state index contributed by atoms with van der Waals surface area (Å²) in [5.74, 6) is -0.434. The predicted octanol–water partition coefficient (Wildman–Crippen LogP) is 1.68. The first-order chi connectivity index (χ1) is 9.22. The first kappa shape index (κ1) is 15.6. The van der Waals surface area contributed by atoms with E-state index in [9.17, 15) is 4.79 Å². The number of ether oxygens (including phenoxy) is 1. The summed E-state index contributed by atoms with van der Waals surface area (Å²) in [6, 6.07) is 7.69. The molecular formula is C14H19O4Si. The molecular weight excluding hydrogens is 260 g/mol. The Kier molecular flexibility index (Phi) is 7.10. The lowest BCUT2D eigenvalue weighted by Gasteiger charge is -2.16. The number of benzene rings is 1. The molecule has 1 aromatic rings. The van der Waals surface area contributed by atoms with Crippen LogP contribution in [-0.2, 0) is 25.0 Å². The summed E-state index contributed by atoms with van der Waals surface area (Å²) in [5.41, 5.74) is 0.911. The summed E-state index contributed by atoms with van der Waals surface area (Å²) in [6.07, 6.45) is 1.15. The Labute approximate surface area is 115 Å². The van der Waals surface area contributed by atoms with Crippen molar-refractivity contribution in [3.63, 3.8) is 0 Å². The molecule has 0 aliphatic heterocycles.